The number of anilines is 1. The Hall–Kier alpha value is -1.34. The molecule has 1 aliphatic heterocycles. The van der Waals surface area contributed by atoms with Crippen molar-refractivity contribution in [3.8, 4) is 0 Å². The van der Waals surface area contributed by atoms with Crippen molar-refractivity contribution in [3.63, 3.8) is 0 Å². The molecule has 1 saturated heterocycles. The van der Waals surface area contributed by atoms with Gasteiger partial charge in [-0.15, -0.1) is 0 Å². The number of benzene rings is 1. The van der Waals surface area contributed by atoms with Gasteiger partial charge in [0, 0.05) is 29.6 Å². The van der Waals surface area contributed by atoms with Crippen LogP contribution in [0.3, 0.4) is 0 Å². The summed E-state index contributed by atoms with van der Waals surface area (Å²) >= 11 is 5.73. The summed E-state index contributed by atoms with van der Waals surface area (Å²) in [5, 5.41) is 2.39. The number of carbonyl (C=O) groups is 1. The summed E-state index contributed by atoms with van der Waals surface area (Å²) < 4.78 is 36.9. The number of nitrogens with zero attached hydrogens (tertiary/aromatic N) is 1. The summed E-state index contributed by atoms with van der Waals surface area (Å²) in [7, 11) is -3.07. The van der Waals surface area contributed by atoms with Gasteiger partial charge in [-0.25, -0.2) is 17.6 Å². The fraction of sp³-hybridized carbons (Fsp3) is 0.500. The van der Waals surface area contributed by atoms with Crippen LogP contribution in [-0.2, 0) is 9.84 Å². The highest BCUT2D eigenvalue weighted by atomic mass is 35.5. The Morgan fingerprint density at radius 1 is 1.36 bits per heavy atom. The zero-order valence-corrected chi connectivity index (χ0v) is 13.8. The van der Waals surface area contributed by atoms with Crippen LogP contribution < -0.4 is 5.32 Å². The first-order chi connectivity index (χ1) is 10.3. The van der Waals surface area contributed by atoms with E-state index in [0.717, 1.165) is 6.07 Å². The number of carbonyl (C=O) groups excluding carboxylic acids is 1. The van der Waals surface area contributed by atoms with Gasteiger partial charge in [-0.05, 0) is 31.0 Å². The monoisotopic (exact) mass is 348 g/mol. The van der Waals surface area contributed by atoms with Crippen LogP contribution in [0.5, 0.6) is 0 Å². The van der Waals surface area contributed by atoms with Crippen molar-refractivity contribution >= 4 is 33.2 Å². The van der Waals surface area contributed by atoms with Gasteiger partial charge in [-0.1, -0.05) is 18.5 Å². The van der Waals surface area contributed by atoms with Gasteiger partial charge >= 0.3 is 6.03 Å². The maximum Gasteiger partial charge on any atom is 0.321 e. The fourth-order valence-electron chi connectivity index (χ4n) is 2.48. The second kappa shape index (κ2) is 6.83. The van der Waals surface area contributed by atoms with Crippen molar-refractivity contribution in [1.82, 2.24) is 4.90 Å². The van der Waals surface area contributed by atoms with E-state index in [-0.39, 0.29) is 27.7 Å². The number of rotatable bonds is 3. The Morgan fingerprint density at radius 3 is 2.55 bits per heavy atom. The van der Waals surface area contributed by atoms with Crippen molar-refractivity contribution in [2.75, 3.05) is 24.2 Å². The summed E-state index contributed by atoms with van der Waals surface area (Å²) in [6.45, 7) is 2.35. The molecule has 1 fully saturated rings. The first kappa shape index (κ1) is 17.0. The lowest BCUT2D eigenvalue weighted by Gasteiger charge is -2.31. The molecule has 0 saturated carbocycles. The van der Waals surface area contributed by atoms with E-state index in [2.05, 4.69) is 5.32 Å². The molecule has 1 aromatic carbocycles. The van der Waals surface area contributed by atoms with E-state index >= 15 is 0 Å². The fourth-order valence-corrected chi connectivity index (χ4v) is 4.10. The van der Waals surface area contributed by atoms with E-state index in [1.165, 1.54) is 17.0 Å². The highest BCUT2D eigenvalue weighted by molar-refractivity contribution is 7.92. The third-order valence-electron chi connectivity index (χ3n) is 3.75. The molecule has 0 aliphatic carbocycles. The number of halogens is 2. The van der Waals surface area contributed by atoms with Gasteiger partial charge in [0.2, 0.25) is 0 Å². The molecule has 0 spiro atoms. The molecule has 8 heteroatoms. The number of hydrogen-bond donors (Lipinski definition) is 1. The van der Waals surface area contributed by atoms with Gasteiger partial charge in [0.1, 0.15) is 5.82 Å². The molecule has 0 bridgehead atoms. The predicted octanol–water partition coefficient (Wildman–Crippen LogP) is 2.91. The molecule has 2 amide bonds. The zero-order chi connectivity index (χ0) is 16.3. The average Bonchev–Trinajstić information content (AvgIpc) is 2.46. The maximum absolute atomic E-state index is 13.2. The smallest absolute Gasteiger partial charge is 0.321 e. The van der Waals surface area contributed by atoms with Crippen LogP contribution in [-0.4, -0.2) is 43.4 Å². The molecule has 0 atom stereocenters. The largest absolute Gasteiger partial charge is 0.324 e. The van der Waals surface area contributed by atoms with Gasteiger partial charge < -0.3 is 10.2 Å². The maximum atomic E-state index is 13.2. The number of nitrogens with one attached hydrogen (secondary N) is 1. The second-order valence-electron chi connectivity index (χ2n) is 5.23. The Labute approximate surface area is 134 Å². The second-order valence-corrected chi connectivity index (χ2v) is 8.23. The van der Waals surface area contributed by atoms with Crippen LogP contribution in [0.15, 0.2) is 18.2 Å². The van der Waals surface area contributed by atoms with Crippen LogP contribution in [0.25, 0.3) is 0 Å². The van der Waals surface area contributed by atoms with Gasteiger partial charge in [0.15, 0.2) is 9.84 Å². The van der Waals surface area contributed by atoms with E-state index in [4.69, 9.17) is 11.6 Å². The number of likely N-dealkylation sites (tertiary alicyclic amines) is 1. The highest BCUT2D eigenvalue weighted by Gasteiger charge is 2.30. The molecular weight excluding hydrogens is 331 g/mol. The Morgan fingerprint density at radius 2 is 2.00 bits per heavy atom. The third-order valence-corrected chi connectivity index (χ3v) is 6.26. The molecule has 1 N–H and O–H groups in total. The summed E-state index contributed by atoms with van der Waals surface area (Å²) in [5.41, 5.74) is 0.276. The normalized spacial score (nSPS) is 16.6. The zero-order valence-electron chi connectivity index (χ0n) is 12.2. The third kappa shape index (κ3) is 4.10. The minimum atomic E-state index is -3.07. The SMILES string of the molecule is CCS(=O)(=O)C1CCN(C(=O)Nc2cc(F)cc(Cl)c2)CC1. The van der Waals surface area contributed by atoms with Crippen LogP contribution in [0, 0.1) is 5.82 Å². The van der Waals surface area contributed by atoms with Crippen molar-refractivity contribution in [2.45, 2.75) is 25.0 Å². The molecule has 1 aromatic rings. The van der Waals surface area contributed by atoms with Crippen molar-refractivity contribution in [1.29, 1.82) is 0 Å². The van der Waals surface area contributed by atoms with Crippen molar-refractivity contribution < 1.29 is 17.6 Å². The topological polar surface area (TPSA) is 66.5 Å². The average molecular weight is 349 g/mol. The molecule has 0 unspecified atom stereocenters. The van der Waals surface area contributed by atoms with Gasteiger partial charge in [-0.2, -0.15) is 0 Å². The number of sulfone groups is 1. The standard InChI is InChI=1S/C14H18ClFN2O3S/c1-2-22(20,21)13-3-5-18(6-4-13)14(19)17-12-8-10(15)7-11(16)9-12/h7-9,13H,2-6H2,1H3,(H,17,19). The minimum absolute atomic E-state index is 0.117. The summed E-state index contributed by atoms with van der Waals surface area (Å²) in [5.74, 6) is -0.415. The Bertz CT molecular complexity index is 638. The molecule has 2 rings (SSSR count). The summed E-state index contributed by atoms with van der Waals surface area (Å²) in [4.78, 5) is 13.6. The van der Waals surface area contributed by atoms with Crippen molar-refractivity contribution in [2.24, 2.45) is 0 Å². The molecule has 1 heterocycles. The molecule has 22 heavy (non-hydrogen) atoms. The Kier molecular flexibility index (Phi) is 5.28. The molecule has 122 valence electrons. The van der Waals surface area contributed by atoms with Crippen LogP contribution in [0.2, 0.25) is 5.02 Å². The number of amides is 2. The quantitative estimate of drug-likeness (QED) is 0.913. The Balaban J connectivity index is 1.95. The lowest BCUT2D eigenvalue weighted by Crippen LogP contribution is -2.44. The molecular formula is C14H18ClFN2O3S. The van der Waals surface area contributed by atoms with Crippen LogP contribution >= 0.6 is 11.6 Å². The van der Waals surface area contributed by atoms with Crippen LogP contribution in [0.1, 0.15) is 19.8 Å². The first-order valence-corrected chi connectivity index (χ1v) is 9.14. The van der Waals surface area contributed by atoms with E-state index in [0.29, 0.717) is 25.9 Å². The molecule has 1 aliphatic rings. The van der Waals surface area contributed by atoms with E-state index < -0.39 is 15.7 Å². The van der Waals surface area contributed by atoms with Gasteiger partial charge in [0.25, 0.3) is 0 Å². The molecule has 5 nitrogen and oxygen atoms in total. The lowest BCUT2D eigenvalue weighted by atomic mass is 10.1. The van der Waals surface area contributed by atoms with Gasteiger partial charge in [0.05, 0.1) is 5.25 Å². The predicted molar refractivity (Wildman–Crippen MR) is 84.5 cm³/mol. The molecule has 0 radical (unpaired) electrons. The highest BCUT2D eigenvalue weighted by Crippen LogP contribution is 2.21. The van der Waals surface area contributed by atoms with Gasteiger partial charge in [-0.3, -0.25) is 0 Å². The summed E-state index contributed by atoms with van der Waals surface area (Å²) in [6, 6.07) is 3.40. The minimum Gasteiger partial charge on any atom is -0.324 e. The number of urea groups is 1. The summed E-state index contributed by atoms with van der Waals surface area (Å²) in [6.07, 6.45) is 0.848. The number of hydrogen-bond acceptors (Lipinski definition) is 3. The van der Waals surface area contributed by atoms with Crippen molar-refractivity contribution in [3.05, 3.63) is 29.0 Å². The molecule has 0 aromatic heterocycles. The lowest BCUT2D eigenvalue weighted by molar-refractivity contribution is 0.200. The first-order valence-electron chi connectivity index (χ1n) is 7.05. The van der Waals surface area contributed by atoms with Crippen LogP contribution in [0.4, 0.5) is 14.9 Å². The van der Waals surface area contributed by atoms with E-state index in [1.807, 2.05) is 0 Å². The van der Waals surface area contributed by atoms with E-state index in [1.54, 1.807) is 6.92 Å². The number of piperidine rings is 1. The van der Waals surface area contributed by atoms with E-state index in [9.17, 15) is 17.6 Å².